The summed E-state index contributed by atoms with van der Waals surface area (Å²) in [7, 11) is -1.45. The Hall–Kier alpha value is -3.00. The third-order valence-corrected chi connectivity index (χ3v) is 5.67. The molecule has 3 rings (SSSR count). The molecule has 1 aromatic heterocycles. The van der Waals surface area contributed by atoms with Crippen molar-refractivity contribution in [2.75, 3.05) is 31.0 Å². The van der Waals surface area contributed by atoms with Crippen molar-refractivity contribution >= 4 is 32.9 Å². The number of benzene rings is 2. The Morgan fingerprint density at radius 3 is 2.41 bits per heavy atom. The van der Waals surface area contributed by atoms with Crippen LogP contribution in [-0.2, 0) is 6.54 Å². The summed E-state index contributed by atoms with van der Waals surface area (Å²) >= 11 is 0. The van der Waals surface area contributed by atoms with E-state index >= 15 is 0 Å². The summed E-state index contributed by atoms with van der Waals surface area (Å²) in [6.07, 6.45) is -1.84. The van der Waals surface area contributed by atoms with Gasteiger partial charge in [-0.15, -0.1) is 0 Å². The van der Waals surface area contributed by atoms with Gasteiger partial charge in [-0.05, 0) is 36.3 Å². The van der Waals surface area contributed by atoms with Gasteiger partial charge in [0, 0.05) is 23.4 Å². The number of hydrogen-bond donors (Lipinski definition) is 4. The first-order valence-corrected chi connectivity index (χ1v) is 12.4. The Kier molecular flexibility index (Phi) is 9.15. The van der Waals surface area contributed by atoms with Crippen LogP contribution >= 0.6 is 10.6 Å². The highest BCUT2D eigenvalue weighted by Gasteiger charge is 2.29. The van der Waals surface area contributed by atoms with Crippen LogP contribution in [0.2, 0.25) is 0 Å². The molecule has 5 N–H and O–H groups in total. The topological polar surface area (TPSA) is 92.7 Å². The molecule has 0 aliphatic heterocycles. The molecule has 0 amide bonds. The maximum atomic E-state index is 13.1. The molecule has 0 radical (unpaired) electrons. The second-order valence-corrected chi connectivity index (χ2v) is 9.71. The summed E-state index contributed by atoms with van der Waals surface area (Å²) in [5, 5.41) is 3.53. The smallest absolute Gasteiger partial charge is 0.406 e. The third-order valence-electron chi connectivity index (χ3n) is 4.52. The number of nitrogens with two attached hydrogens (primary N) is 1. The van der Waals surface area contributed by atoms with E-state index in [4.69, 9.17) is 10.5 Å². The molecule has 0 saturated carbocycles. The minimum atomic E-state index is -4.41. The Bertz CT molecular complexity index is 1180. The second kappa shape index (κ2) is 11.4. The van der Waals surface area contributed by atoms with Gasteiger partial charge < -0.3 is 20.4 Å². The average Bonchev–Trinajstić information content (AvgIpc) is 3.08. The summed E-state index contributed by atoms with van der Waals surface area (Å²) < 4.78 is 65.1. The van der Waals surface area contributed by atoms with Crippen molar-refractivity contribution in [2.45, 2.75) is 37.9 Å². The molecule has 10 heteroatoms. The van der Waals surface area contributed by atoms with E-state index in [0.29, 0.717) is 32.9 Å². The lowest BCUT2D eigenvalue weighted by Crippen LogP contribution is -2.18. The number of nitrogen functional groups attached to an aromatic ring is 1. The van der Waals surface area contributed by atoms with E-state index in [9.17, 15) is 22.3 Å². The fourth-order valence-corrected chi connectivity index (χ4v) is 3.75. The zero-order valence-corrected chi connectivity index (χ0v) is 20.3. The average molecular weight is 498 g/mol. The van der Waals surface area contributed by atoms with Gasteiger partial charge >= 0.3 is 6.18 Å². The van der Waals surface area contributed by atoms with Crippen LogP contribution in [0.15, 0.2) is 47.4 Å². The van der Waals surface area contributed by atoms with Gasteiger partial charge in [0.1, 0.15) is 12.3 Å². The number of anilines is 2. The molecule has 2 aromatic carbocycles. The minimum Gasteiger partial charge on any atom is -0.495 e. The van der Waals surface area contributed by atoms with Gasteiger partial charge in [0.15, 0.2) is 0 Å². The largest absolute Gasteiger partial charge is 0.495 e. The fourth-order valence-electron chi connectivity index (χ4n) is 3.09. The zero-order valence-electron chi connectivity index (χ0n) is 19.5. The molecular weight excluding hydrogens is 467 g/mol. The number of halogens is 3. The molecule has 186 valence electrons. The highest BCUT2D eigenvalue weighted by Crippen LogP contribution is 2.46. The van der Waals surface area contributed by atoms with Gasteiger partial charge in [0.05, 0.1) is 35.4 Å². The number of fused-ring (bicyclic) bond motifs is 1. The minimum absolute atomic E-state index is 0.126. The van der Waals surface area contributed by atoms with E-state index < -0.39 is 23.3 Å². The molecule has 0 fully saturated rings. The second-order valence-electron chi connectivity index (χ2n) is 7.57. The molecule has 0 unspecified atom stereocenters. The molecule has 0 aliphatic rings. The van der Waals surface area contributed by atoms with Crippen molar-refractivity contribution in [3.8, 4) is 17.6 Å². The van der Waals surface area contributed by atoms with E-state index in [1.807, 2.05) is 0 Å². The van der Waals surface area contributed by atoms with Crippen LogP contribution in [0.4, 0.5) is 24.5 Å². The Morgan fingerprint density at radius 2 is 1.82 bits per heavy atom. The van der Waals surface area contributed by atoms with E-state index in [0.717, 1.165) is 4.57 Å². The molecular formula is C24H30F3N3O3S. The molecule has 3 aromatic rings. The molecule has 34 heavy (non-hydrogen) atoms. The summed E-state index contributed by atoms with van der Waals surface area (Å²) in [4.78, 5) is 0.329. The molecule has 6 nitrogen and oxygen atoms in total. The van der Waals surface area contributed by atoms with Crippen LogP contribution < -0.4 is 15.8 Å². The van der Waals surface area contributed by atoms with Gasteiger partial charge in [-0.3, -0.25) is 9.11 Å². The standard InChI is InChI=1S/C21H22F3N3O3S.C3H8/c1-30-20-12-15(31(2,28)29)8-9-18(20)26-10-4-5-14-11-16-17(25)6-3-7-19(16)27(14)13-21(22,23)24;1-3-2/h3,6-9,11-12,26,28-29H,10,13,25H2,1-2H3;3H2,1-2H3. The Morgan fingerprint density at radius 1 is 1.15 bits per heavy atom. The predicted molar refractivity (Wildman–Crippen MR) is 134 cm³/mol. The summed E-state index contributed by atoms with van der Waals surface area (Å²) in [5.41, 5.74) is 7.41. The third kappa shape index (κ3) is 7.25. The number of methoxy groups -OCH3 is 1. The number of hydrogen-bond acceptors (Lipinski definition) is 5. The van der Waals surface area contributed by atoms with E-state index in [2.05, 4.69) is 31.0 Å². The highest BCUT2D eigenvalue weighted by molar-refractivity contribution is 8.23. The zero-order chi connectivity index (χ0) is 25.5. The van der Waals surface area contributed by atoms with Crippen molar-refractivity contribution in [1.29, 1.82) is 0 Å². The van der Waals surface area contributed by atoms with Crippen LogP contribution in [-0.4, -0.2) is 39.8 Å². The lowest BCUT2D eigenvalue weighted by atomic mass is 10.2. The number of ether oxygens (including phenoxy) is 1. The maximum Gasteiger partial charge on any atom is 0.406 e. The molecule has 0 aliphatic carbocycles. The van der Waals surface area contributed by atoms with Gasteiger partial charge in [-0.25, -0.2) is 0 Å². The van der Waals surface area contributed by atoms with Crippen molar-refractivity contribution in [3.05, 3.63) is 48.2 Å². The molecule has 0 saturated heterocycles. The van der Waals surface area contributed by atoms with Crippen LogP contribution in [0.1, 0.15) is 26.0 Å². The van der Waals surface area contributed by atoms with Crippen molar-refractivity contribution < 1.29 is 27.0 Å². The normalized spacial score (nSPS) is 11.8. The van der Waals surface area contributed by atoms with Crippen molar-refractivity contribution in [3.63, 3.8) is 0 Å². The summed E-state index contributed by atoms with van der Waals surface area (Å²) in [6, 6.07) is 11.0. The molecule has 1 heterocycles. The van der Waals surface area contributed by atoms with E-state index in [1.54, 1.807) is 36.4 Å². The van der Waals surface area contributed by atoms with E-state index in [-0.39, 0.29) is 12.2 Å². The lowest BCUT2D eigenvalue weighted by molar-refractivity contribution is -0.140. The number of nitrogens with one attached hydrogen (secondary N) is 1. The van der Waals surface area contributed by atoms with Crippen molar-refractivity contribution in [2.24, 2.45) is 0 Å². The molecule has 0 atom stereocenters. The molecule has 0 spiro atoms. The van der Waals surface area contributed by atoms with Crippen LogP contribution in [0.5, 0.6) is 5.75 Å². The monoisotopic (exact) mass is 497 g/mol. The SMILES string of the molecule is CCC.COc1cc(S(C)(O)O)ccc1NCC#Cc1cc2c(N)cccc2n1CC(F)(F)F. The van der Waals surface area contributed by atoms with Crippen LogP contribution in [0.3, 0.4) is 0 Å². The summed E-state index contributed by atoms with van der Waals surface area (Å²) in [6.45, 7) is 3.21. The van der Waals surface area contributed by atoms with Gasteiger partial charge in [-0.2, -0.15) is 23.8 Å². The Labute approximate surface area is 199 Å². The maximum absolute atomic E-state index is 13.1. The number of nitrogens with zero attached hydrogens (tertiary/aromatic N) is 1. The van der Waals surface area contributed by atoms with Gasteiger partial charge in [0.25, 0.3) is 0 Å². The fraction of sp³-hybridized carbons (Fsp3) is 0.333. The molecule has 0 bridgehead atoms. The predicted octanol–water partition coefficient (Wildman–Crippen LogP) is 6.41. The first-order chi connectivity index (χ1) is 15.9. The highest BCUT2D eigenvalue weighted by atomic mass is 32.3. The number of alkyl halides is 3. The number of rotatable bonds is 5. The first-order valence-electron chi connectivity index (χ1n) is 10.5. The van der Waals surface area contributed by atoms with Crippen LogP contribution in [0, 0.1) is 11.8 Å². The van der Waals surface area contributed by atoms with Gasteiger partial charge in [-0.1, -0.05) is 32.3 Å². The Balaban J connectivity index is 0.00000129. The number of aromatic nitrogens is 1. The lowest BCUT2D eigenvalue weighted by Gasteiger charge is -2.27. The summed E-state index contributed by atoms with van der Waals surface area (Å²) in [5.74, 6) is 5.98. The van der Waals surface area contributed by atoms with Crippen molar-refractivity contribution in [1.82, 2.24) is 4.57 Å². The quantitative estimate of drug-likeness (QED) is 0.241. The first kappa shape index (κ1) is 27.2. The van der Waals surface area contributed by atoms with Gasteiger partial charge in [0.2, 0.25) is 0 Å². The van der Waals surface area contributed by atoms with E-state index in [1.165, 1.54) is 25.9 Å². The van der Waals surface area contributed by atoms with Crippen LogP contribution in [0.25, 0.3) is 10.9 Å².